The zero-order valence-corrected chi connectivity index (χ0v) is 12.7. The molecule has 2 aromatic rings. The molecule has 112 valence electrons. The predicted octanol–water partition coefficient (Wildman–Crippen LogP) is 3.74. The first-order chi connectivity index (χ1) is 10.1. The molecule has 21 heavy (non-hydrogen) atoms. The fraction of sp³-hybridized carbons (Fsp3) is 0.312. The molecule has 1 aromatic carbocycles. The second-order valence-corrected chi connectivity index (χ2v) is 5.34. The molecule has 1 aromatic heterocycles. The quantitative estimate of drug-likeness (QED) is 0.854. The highest BCUT2D eigenvalue weighted by Crippen LogP contribution is 2.26. The van der Waals surface area contributed by atoms with E-state index in [4.69, 9.17) is 17.3 Å². The number of nitrogen functional groups attached to an aromatic ring is 1. The summed E-state index contributed by atoms with van der Waals surface area (Å²) in [5.74, 6) is -0.370. The minimum Gasteiger partial charge on any atom is -0.398 e. The van der Waals surface area contributed by atoms with Crippen LogP contribution in [0.3, 0.4) is 0 Å². The standard InChI is InChI=1S/C16H19ClFN3/c1-2-7-21-15(12-10-20-8-6-14(12)19)9-11-4-3-5-13(17)16(11)18/h3-6,8,10,15,21H,2,7,9H2,1H3,(H2,19,20). The zero-order chi connectivity index (χ0) is 15.2. The van der Waals surface area contributed by atoms with Gasteiger partial charge in [-0.25, -0.2) is 4.39 Å². The van der Waals surface area contributed by atoms with Gasteiger partial charge in [0, 0.05) is 29.7 Å². The number of anilines is 1. The summed E-state index contributed by atoms with van der Waals surface area (Å²) in [6.45, 7) is 2.90. The highest BCUT2D eigenvalue weighted by Gasteiger charge is 2.17. The van der Waals surface area contributed by atoms with E-state index in [0.717, 1.165) is 18.5 Å². The van der Waals surface area contributed by atoms with Crippen molar-refractivity contribution in [2.75, 3.05) is 12.3 Å². The van der Waals surface area contributed by atoms with Crippen LogP contribution in [0.4, 0.5) is 10.1 Å². The number of nitrogens with two attached hydrogens (primary N) is 1. The average Bonchev–Trinajstić information content (AvgIpc) is 2.48. The molecule has 1 heterocycles. The number of benzene rings is 1. The van der Waals surface area contributed by atoms with Crippen LogP contribution in [0, 0.1) is 5.82 Å². The van der Waals surface area contributed by atoms with Crippen molar-refractivity contribution in [2.24, 2.45) is 0 Å². The lowest BCUT2D eigenvalue weighted by Crippen LogP contribution is -2.25. The third-order valence-corrected chi connectivity index (χ3v) is 3.65. The molecule has 1 unspecified atom stereocenters. The Morgan fingerprint density at radius 2 is 2.19 bits per heavy atom. The van der Waals surface area contributed by atoms with E-state index < -0.39 is 0 Å². The Morgan fingerprint density at radius 3 is 2.90 bits per heavy atom. The smallest absolute Gasteiger partial charge is 0.145 e. The van der Waals surface area contributed by atoms with Crippen LogP contribution in [0.2, 0.25) is 5.02 Å². The van der Waals surface area contributed by atoms with Crippen molar-refractivity contribution in [2.45, 2.75) is 25.8 Å². The molecule has 0 fully saturated rings. The Morgan fingerprint density at radius 1 is 1.38 bits per heavy atom. The van der Waals surface area contributed by atoms with Gasteiger partial charge >= 0.3 is 0 Å². The molecule has 0 saturated heterocycles. The van der Waals surface area contributed by atoms with Crippen molar-refractivity contribution in [3.63, 3.8) is 0 Å². The molecule has 0 bridgehead atoms. The first-order valence-electron chi connectivity index (χ1n) is 6.99. The maximum absolute atomic E-state index is 14.1. The third kappa shape index (κ3) is 3.93. The molecule has 0 aliphatic heterocycles. The van der Waals surface area contributed by atoms with E-state index in [1.165, 1.54) is 0 Å². The van der Waals surface area contributed by atoms with E-state index in [0.29, 0.717) is 17.7 Å². The SMILES string of the molecule is CCCNC(Cc1cccc(Cl)c1F)c1cnccc1N. The lowest BCUT2D eigenvalue weighted by molar-refractivity contribution is 0.513. The van der Waals surface area contributed by atoms with Crippen molar-refractivity contribution in [3.05, 3.63) is 58.6 Å². The van der Waals surface area contributed by atoms with Crippen LogP contribution in [-0.4, -0.2) is 11.5 Å². The Labute approximate surface area is 129 Å². The van der Waals surface area contributed by atoms with Crippen molar-refractivity contribution < 1.29 is 4.39 Å². The first-order valence-corrected chi connectivity index (χ1v) is 7.37. The van der Waals surface area contributed by atoms with E-state index in [1.807, 2.05) is 0 Å². The van der Waals surface area contributed by atoms with Crippen LogP contribution < -0.4 is 11.1 Å². The van der Waals surface area contributed by atoms with Crippen molar-refractivity contribution >= 4 is 17.3 Å². The molecule has 2 rings (SSSR count). The Bertz CT molecular complexity index is 604. The maximum atomic E-state index is 14.1. The van der Waals surface area contributed by atoms with Crippen LogP contribution in [0.5, 0.6) is 0 Å². The number of aromatic nitrogens is 1. The van der Waals surface area contributed by atoms with Gasteiger partial charge in [0.05, 0.1) is 5.02 Å². The zero-order valence-electron chi connectivity index (χ0n) is 11.9. The van der Waals surface area contributed by atoms with Gasteiger partial charge in [-0.05, 0) is 37.1 Å². The topological polar surface area (TPSA) is 50.9 Å². The normalized spacial score (nSPS) is 12.3. The van der Waals surface area contributed by atoms with Gasteiger partial charge in [0.1, 0.15) is 5.82 Å². The first kappa shape index (κ1) is 15.7. The number of halogens is 2. The van der Waals surface area contributed by atoms with Crippen LogP contribution in [0.1, 0.15) is 30.5 Å². The van der Waals surface area contributed by atoms with Crippen molar-refractivity contribution in [1.82, 2.24) is 10.3 Å². The highest BCUT2D eigenvalue weighted by atomic mass is 35.5. The van der Waals surface area contributed by atoms with Gasteiger partial charge in [-0.2, -0.15) is 0 Å². The van der Waals surface area contributed by atoms with Crippen LogP contribution in [-0.2, 0) is 6.42 Å². The van der Waals surface area contributed by atoms with Gasteiger partial charge in [-0.1, -0.05) is 30.7 Å². The largest absolute Gasteiger partial charge is 0.398 e. The van der Waals surface area contributed by atoms with Crippen LogP contribution in [0.25, 0.3) is 0 Å². The summed E-state index contributed by atoms with van der Waals surface area (Å²) >= 11 is 5.85. The number of nitrogens with one attached hydrogen (secondary N) is 1. The molecule has 1 atom stereocenters. The molecule has 0 aliphatic carbocycles. The van der Waals surface area contributed by atoms with Gasteiger partial charge in [0.25, 0.3) is 0 Å². The number of hydrogen-bond acceptors (Lipinski definition) is 3. The molecular weight excluding hydrogens is 289 g/mol. The Kier molecular flexibility index (Phi) is 5.53. The van der Waals surface area contributed by atoms with E-state index in [1.54, 1.807) is 36.7 Å². The summed E-state index contributed by atoms with van der Waals surface area (Å²) in [6.07, 6.45) is 4.83. The Hall–Kier alpha value is -1.65. The molecule has 0 aliphatic rings. The van der Waals surface area contributed by atoms with Crippen molar-refractivity contribution in [3.8, 4) is 0 Å². The van der Waals surface area contributed by atoms with E-state index in [2.05, 4.69) is 17.2 Å². The average molecular weight is 308 g/mol. The molecule has 3 nitrogen and oxygen atoms in total. The summed E-state index contributed by atoms with van der Waals surface area (Å²) in [5, 5.41) is 3.53. The third-order valence-electron chi connectivity index (χ3n) is 3.36. The Balaban J connectivity index is 2.28. The van der Waals surface area contributed by atoms with Crippen molar-refractivity contribution in [1.29, 1.82) is 0 Å². The van der Waals surface area contributed by atoms with E-state index >= 15 is 0 Å². The number of nitrogens with zero attached hydrogens (tertiary/aromatic N) is 1. The van der Waals surface area contributed by atoms with E-state index in [-0.39, 0.29) is 16.9 Å². The fourth-order valence-corrected chi connectivity index (χ4v) is 2.44. The van der Waals surface area contributed by atoms with Gasteiger partial charge < -0.3 is 11.1 Å². The van der Waals surface area contributed by atoms with Crippen LogP contribution in [0.15, 0.2) is 36.7 Å². The minimum atomic E-state index is -0.370. The van der Waals surface area contributed by atoms with Gasteiger partial charge in [0.15, 0.2) is 0 Å². The molecule has 0 spiro atoms. The lowest BCUT2D eigenvalue weighted by Gasteiger charge is -2.20. The van der Waals surface area contributed by atoms with Gasteiger partial charge in [-0.3, -0.25) is 4.98 Å². The molecule has 0 saturated carbocycles. The predicted molar refractivity (Wildman–Crippen MR) is 84.8 cm³/mol. The summed E-state index contributed by atoms with van der Waals surface area (Å²) in [7, 11) is 0. The van der Waals surface area contributed by atoms with Gasteiger partial charge in [0.2, 0.25) is 0 Å². The molecule has 0 amide bonds. The maximum Gasteiger partial charge on any atom is 0.145 e. The fourth-order valence-electron chi connectivity index (χ4n) is 2.25. The second-order valence-electron chi connectivity index (χ2n) is 4.93. The second kappa shape index (κ2) is 7.38. The van der Waals surface area contributed by atoms with Crippen LogP contribution >= 0.6 is 11.6 Å². The minimum absolute atomic E-state index is 0.0911. The van der Waals surface area contributed by atoms with Gasteiger partial charge in [-0.15, -0.1) is 0 Å². The molecule has 3 N–H and O–H groups in total. The number of rotatable bonds is 6. The lowest BCUT2D eigenvalue weighted by atomic mass is 9.98. The van der Waals surface area contributed by atoms with E-state index in [9.17, 15) is 4.39 Å². The highest BCUT2D eigenvalue weighted by molar-refractivity contribution is 6.30. The molecule has 0 radical (unpaired) electrons. The summed E-state index contributed by atoms with van der Waals surface area (Å²) in [5.41, 5.74) is 8.12. The summed E-state index contributed by atoms with van der Waals surface area (Å²) in [6, 6.07) is 6.71. The molecular formula is C16H19ClFN3. The summed E-state index contributed by atoms with van der Waals surface area (Å²) < 4.78 is 14.1. The summed E-state index contributed by atoms with van der Waals surface area (Å²) in [4.78, 5) is 4.12. The number of pyridine rings is 1. The number of hydrogen-bond donors (Lipinski definition) is 2. The molecule has 5 heteroatoms. The monoisotopic (exact) mass is 307 g/mol.